The molecule has 0 bridgehead atoms. The summed E-state index contributed by atoms with van der Waals surface area (Å²) in [5, 5.41) is 0. The van der Waals surface area contributed by atoms with Crippen LogP contribution in [0.5, 0.6) is 5.75 Å². The molecule has 4 nitrogen and oxygen atoms in total. The lowest BCUT2D eigenvalue weighted by Crippen LogP contribution is -2.17. The second kappa shape index (κ2) is 9.53. The zero-order valence-electron chi connectivity index (χ0n) is 13.3. The molecule has 0 aliphatic carbocycles. The van der Waals surface area contributed by atoms with Crippen molar-refractivity contribution in [1.29, 1.82) is 0 Å². The van der Waals surface area contributed by atoms with E-state index in [0.717, 1.165) is 19.3 Å². The molecule has 0 saturated carbocycles. The molecule has 1 rings (SSSR count). The van der Waals surface area contributed by atoms with Crippen molar-refractivity contribution in [3.8, 4) is 5.75 Å². The summed E-state index contributed by atoms with van der Waals surface area (Å²) < 4.78 is 10.6. The van der Waals surface area contributed by atoms with Gasteiger partial charge in [0.25, 0.3) is 0 Å². The minimum absolute atomic E-state index is 0.0177. The normalized spacial score (nSPS) is 13.7. The molecule has 118 valence electrons. The molecule has 0 amide bonds. The topological polar surface area (TPSA) is 61.5 Å². The molecule has 2 unspecified atom stereocenters. The molecule has 0 fully saturated rings. The summed E-state index contributed by atoms with van der Waals surface area (Å²) in [5.41, 5.74) is 6.40. The third-order valence-corrected chi connectivity index (χ3v) is 3.44. The van der Waals surface area contributed by atoms with Crippen LogP contribution in [0.15, 0.2) is 24.3 Å². The molecule has 0 spiro atoms. The van der Waals surface area contributed by atoms with Crippen molar-refractivity contribution in [1.82, 2.24) is 0 Å². The number of nitrogens with two attached hydrogens (primary N) is 1. The number of carbonyl (C=O) groups is 1. The molecule has 0 saturated heterocycles. The van der Waals surface area contributed by atoms with Gasteiger partial charge in [-0.15, -0.1) is 0 Å². The van der Waals surface area contributed by atoms with Crippen molar-refractivity contribution in [2.75, 3.05) is 20.3 Å². The fraction of sp³-hybridized carbons (Fsp3) is 0.588. The van der Waals surface area contributed by atoms with Crippen LogP contribution >= 0.6 is 0 Å². The second-order valence-electron chi connectivity index (χ2n) is 5.51. The Morgan fingerprint density at radius 1 is 1.19 bits per heavy atom. The van der Waals surface area contributed by atoms with Crippen molar-refractivity contribution >= 4 is 5.78 Å². The van der Waals surface area contributed by atoms with Gasteiger partial charge in [-0.2, -0.15) is 0 Å². The fourth-order valence-corrected chi connectivity index (χ4v) is 2.17. The number of hydrogen-bond donors (Lipinski definition) is 1. The first-order chi connectivity index (χ1) is 10.1. The van der Waals surface area contributed by atoms with E-state index in [1.807, 2.05) is 38.1 Å². The van der Waals surface area contributed by atoms with Gasteiger partial charge in [0.15, 0.2) is 5.78 Å². The number of para-hydroxylation sites is 1. The first-order valence-corrected chi connectivity index (χ1v) is 7.56. The number of benzene rings is 1. The largest absolute Gasteiger partial charge is 0.490 e. The standard InChI is InChI=1S/C17H27NO3/c1-13(7-6-8-14(2)18)17(19)15-9-4-5-10-16(15)21-12-11-20-3/h4-5,9-10,13-14H,6-8,11-12,18H2,1-3H3. The van der Waals surface area contributed by atoms with E-state index >= 15 is 0 Å². The molecule has 0 aliphatic rings. The Morgan fingerprint density at radius 2 is 1.90 bits per heavy atom. The highest BCUT2D eigenvalue weighted by Crippen LogP contribution is 2.23. The molecule has 2 N–H and O–H groups in total. The number of rotatable bonds is 10. The van der Waals surface area contributed by atoms with Crippen LogP contribution in [0.25, 0.3) is 0 Å². The number of ether oxygens (including phenoxy) is 2. The van der Waals surface area contributed by atoms with Gasteiger partial charge in [-0.1, -0.05) is 25.5 Å². The third kappa shape index (κ3) is 6.27. The Labute approximate surface area is 127 Å². The molecular formula is C17H27NO3. The highest BCUT2D eigenvalue weighted by molar-refractivity contribution is 6.00. The van der Waals surface area contributed by atoms with E-state index in [0.29, 0.717) is 24.5 Å². The predicted molar refractivity (Wildman–Crippen MR) is 84.8 cm³/mol. The minimum atomic E-state index is -0.0177. The Bertz CT molecular complexity index is 432. The molecular weight excluding hydrogens is 266 g/mol. The highest BCUT2D eigenvalue weighted by Gasteiger charge is 2.18. The monoisotopic (exact) mass is 293 g/mol. The van der Waals surface area contributed by atoms with Crippen LogP contribution in [0.4, 0.5) is 0 Å². The Kier molecular flexibility index (Phi) is 8.01. The summed E-state index contributed by atoms with van der Waals surface area (Å²) in [4.78, 5) is 12.5. The lowest BCUT2D eigenvalue weighted by atomic mass is 9.93. The average Bonchev–Trinajstić information content (AvgIpc) is 2.47. The van der Waals surface area contributed by atoms with Gasteiger partial charge in [-0.05, 0) is 31.9 Å². The molecule has 2 atom stereocenters. The van der Waals surface area contributed by atoms with Gasteiger partial charge < -0.3 is 15.2 Å². The number of ketones is 1. The number of methoxy groups -OCH3 is 1. The van der Waals surface area contributed by atoms with E-state index in [1.54, 1.807) is 7.11 Å². The number of carbonyl (C=O) groups excluding carboxylic acids is 1. The zero-order valence-corrected chi connectivity index (χ0v) is 13.3. The maximum atomic E-state index is 12.5. The van der Waals surface area contributed by atoms with Crippen molar-refractivity contribution < 1.29 is 14.3 Å². The fourth-order valence-electron chi connectivity index (χ4n) is 2.17. The summed E-state index contributed by atoms with van der Waals surface area (Å²) in [7, 11) is 1.63. The first-order valence-electron chi connectivity index (χ1n) is 7.56. The van der Waals surface area contributed by atoms with Crippen molar-refractivity contribution in [2.45, 2.75) is 39.2 Å². The van der Waals surface area contributed by atoms with Gasteiger partial charge in [0.1, 0.15) is 12.4 Å². The third-order valence-electron chi connectivity index (χ3n) is 3.44. The van der Waals surface area contributed by atoms with Crippen LogP contribution < -0.4 is 10.5 Å². The van der Waals surface area contributed by atoms with Crippen molar-refractivity contribution in [3.63, 3.8) is 0 Å². The van der Waals surface area contributed by atoms with Crippen LogP contribution in [0.3, 0.4) is 0 Å². The number of hydrogen-bond acceptors (Lipinski definition) is 4. The molecule has 0 aliphatic heterocycles. The van der Waals surface area contributed by atoms with Gasteiger partial charge in [0.05, 0.1) is 12.2 Å². The Balaban J connectivity index is 2.63. The molecule has 0 radical (unpaired) electrons. The van der Waals surface area contributed by atoms with Crippen LogP contribution in [0.1, 0.15) is 43.5 Å². The van der Waals surface area contributed by atoms with Crippen molar-refractivity contribution in [2.24, 2.45) is 11.7 Å². The van der Waals surface area contributed by atoms with E-state index < -0.39 is 0 Å². The first kappa shape index (κ1) is 17.7. The van der Waals surface area contributed by atoms with Gasteiger partial charge in [-0.25, -0.2) is 0 Å². The molecule has 0 heterocycles. The Morgan fingerprint density at radius 3 is 2.57 bits per heavy atom. The van der Waals surface area contributed by atoms with Crippen LogP contribution in [-0.2, 0) is 4.74 Å². The van der Waals surface area contributed by atoms with E-state index in [1.165, 1.54) is 0 Å². The van der Waals surface area contributed by atoms with Gasteiger partial charge in [0, 0.05) is 19.1 Å². The highest BCUT2D eigenvalue weighted by atomic mass is 16.5. The molecule has 1 aromatic carbocycles. The van der Waals surface area contributed by atoms with E-state index in [9.17, 15) is 4.79 Å². The minimum Gasteiger partial charge on any atom is -0.490 e. The number of Topliss-reactive ketones (excluding diaryl/α,β-unsaturated/α-hetero) is 1. The average molecular weight is 293 g/mol. The van der Waals surface area contributed by atoms with Gasteiger partial charge in [-0.3, -0.25) is 4.79 Å². The summed E-state index contributed by atoms with van der Waals surface area (Å²) >= 11 is 0. The maximum Gasteiger partial charge on any atom is 0.169 e. The zero-order chi connectivity index (χ0) is 15.7. The van der Waals surface area contributed by atoms with Crippen LogP contribution in [-0.4, -0.2) is 32.1 Å². The second-order valence-corrected chi connectivity index (χ2v) is 5.51. The summed E-state index contributed by atoms with van der Waals surface area (Å²) in [6, 6.07) is 7.59. The summed E-state index contributed by atoms with van der Waals surface area (Å²) in [6.45, 7) is 4.91. The summed E-state index contributed by atoms with van der Waals surface area (Å²) in [5.74, 6) is 0.752. The maximum absolute atomic E-state index is 12.5. The van der Waals surface area contributed by atoms with E-state index in [2.05, 4.69) is 0 Å². The van der Waals surface area contributed by atoms with E-state index in [4.69, 9.17) is 15.2 Å². The smallest absolute Gasteiger partial charge is 0.169 e. The van der Waals surface area contributed by atoms with Gasteiger partial charge in [0.2, 0.25) is 0 Å². The Hall–Kier alpha value is -1.39. The SMILES string of the molecule is COCCOc1ccccc1C(=O)C(C)CCCC(C)N. The molecule has 4 heteroatoms. The van der Waals surface area contributed by atoms with E-state index in [-0.39, 0.29) is 17.7 Å². The molecule has 0 aromatic heterocycles. The van der Waals surface area contributed by atoms with Gasteiger partial charge >= 0.3 is 0 Å². The quantitative estimate of drug-likeness (QED) is 0.532. The van der Waals surface area contributed by atoms with Crippen LogP contribution in [0, 0.1) is 5.92 Å². The summed E-state index contributed by atoms with van der Waals surface area (Å²) in [6.07, 6.45) is 2.77. The molecule has 1 aromatic rings. The lowest BCUT2D eigenvalue weighted by molar-refractivity contribution is 0.0914. The van der Waals surface area contributed by atoms with Crippen molar-refractivity contribution in [3.05, 3.63) is 29.8 Å². The predicted octanol–water partition coefficient (Wildman–Crippen LogP) is 3.05. The lowest BCUT2D eigenvalue weighted by Gasteiger charge is -2.15. The van der Waals surface area contributed by atoms with Crippen LogP contribution in [0.2, 0.25) is 0 Å². The molecule has 21 heavy (non-hydrogen) atoms.